The minimum absolute atomic E-state index is 0.279. The molecule has 0 spiro atoms. The summed E-state index contributed by atoms with van der Waals surface area (Å²) in [4.78, 5) is 1.42. The predicted molar refractivity (Wildman–Crippen MR) is 72.6 cm³/mol. The van der Waals surface area contributed by atoms with Gasteiger partial charge < -0.3 is 4.74 Å². The summed E-state index contributed by atoms with van der Waals surface area (Å²) >= 11 is 0. The highest BCUT2D eigenvalue weighted by Gasteiger charge is 2.15. The minimum Gasteiger partial charge on any atom is -0.493 e. The van der Waals surface area contributed by atoms with Crippen molar-refractivity contribution in [2.75, 3.05) is 19.1 Å². The second-order valence-corrected chi connectivity index (χ2v) is 5.93. The number of benzene rings is 2. The van der Waals surface area contributed by atoms with Crippen LogP contribution in [0.2, 0.25) is 0 Å². The molecule has 16 heavy (non-hydrogen) atoms. The van der Waals surface area contributed by atoms with Gasteiger partial charge in [-0.1, -0.05) is 18.2 Å². The van der Waals surface area contributed by atoms with E-state index in [0.29, 0.717) is 6.61 Å². The summed E-state index contributed by atoms with van der Waals surface area (Å²) in [5, 5.41) is 2.55. The van der Waals surface area contributed by atoms with E-state index >= 15 is 0 Å². The molecule has 0 aliphatic heterocycles. The summed E-state index contributed by atoms with van der Waals surface area (Å²) in [6.07, 6.45) is 4.50. The fourth-order valence-electron chi connectivity index (χ4n) is 1.88. The second kappa shape index (κ2) is 4.79. The molecule has 2 aromatic rings. The first kappa shape index (κ1) is 11.3. The van der Waals surface area contributed by atoms with Gasteiger partial charge in [-0.05, 0) is 25.1 Å². The van der Waals surface area contributed by atoms with Gasteiger partial charge in [0, 0.05) is 21.7 Å². The van der Waals surface area contributed by atoms with Gasteiger partial charge in [0.15, 0.2) is 4.90 Å². The van der Waals surface area contributed by atoms with Crippen LogP contribution in [0.1, 0.15) is 6.92 Å². The SMILES string of the molecule is CCOc1ccc([S+](C)C)c2ccccc12. The smallest absolute Gasteiger partial charge is 0.162 e. The average molecular weight is 233 g/mol. The van der Waals surface area contributed by atoms with Crippen molar-refractivity contribution < 1.29 is 4.74 Å². The number of fused-ring (bicyclic) bond motifs is 1. The summed E-state index contributed by atoms with van der Waals surface area (Å²) in [5.74, 6) is 0.993. The molecule has 0 aliphatic rings. The lowest BCUT2D eigenvalue weighted by molar-refractivity contribution is 0.344. The topological polar surface area (TPSA) is 9.23 Å². The Morgan fingerprint density at radius 1 is 1.00 bits per heavy atom. The van der Waals surface area contributed by atoms with Crippen molar-refractivity contribution in [1.29, 1.82) is 0 Å². The maximum Gasteiger partial charge on any atom is 0.162 e. The third-order valence-corrected chi connectivity index (χ3v) is 3.82. The van der Waals surface area contributed by atoms with E-state index in [4.69, 9.17) is 4.74 Å². The molecule has 1 nitrogen and oxygen atoms in total. The molecule has 0 heterocycles. The quantitative estimate of drug-likeness (QED) is 0.738. The van der Waals surface area contributed by atoms with Gasteiger partial charge in [0.2, 0.25) is 0 Å². The van der Waals surface area contributed by atoms with Crippen LogP contribution < -0.4 is 4.74 Å². The zero-order chi connectivity index (χ0) is 11.5. The van der Waals surface area contributed by atoms with Crippen LogP contribution in [0.4, 0.5) is 0 Å². The number of rotatable bonds is 3. The van der Waals surface area contributed by atoms with Crippen molar-refractivity contribution >= 4 is 21.7 Å². The molecule has 0 aromatic heterocycles. The number of hydrogen-bond donors (Lipinski definition) is 0. The molecule has 2 rings (SSSR count). The molecule has 0 unspecified atom stereocenters. The van der Waals surface area contributed by atoms with Gasteiger partial charge in [-0.25, -0.2) is 0 Å². The van der Waals surface area contributed by atoms with Gasteiger partial charge in [0.05, 0.1) is 6.61 Å². The minimum atomic E-state index is 0.279. The first-order valence-electron chi connectivity index (χ1n) is 5.46. The maximum atomic E-state index is 5.66. The second-order valence-electron chi connectivity index (χ2n) is 3.86. The third kappa shape index (κ3) is 2.03. The van der Waals surface area contributed by atoms with Crippen LogP contribution in [0.25, 0.3) is 10.8 Å². The normalized spacial score (nSPS) is 11.0. The van der Waals surface area contributed by atoms with Crippen LogP contribution in [0.3, 0.4) is 0 Å². The lowest BCUT2D eigenvalue weighted by atomic mass is 10.1. The molecular weight excluding hydrogens is 216 g/mol. The Bertz CT molecular complexity index is 491. The summed E-state index contributed by atoms with van der Waals surface area (Å²) in [5.41, 5.74) is 0. The summed E-state index contributed by atoms with van der Waals surface area (Å²) in [6, 6.07) is 12.8. The molecule has 0 saturated carbocycles. The Labute approximate surface area is 99.8 Å². The van der Waals surface area contributed by atoms with Gasteiger partial charge in [-0.15, -0.1) is 0 Å². The van der Waals surface area contributed by atoms with Crippen LogP contribution in [0, 0.1) is 0 Å². The fraction of sp³-hybridized carbons (Fsp3) is 0.286. The Kier molecular flexibility index (Phi) is 3.39. The van der Waals surface area contributed by atoms with Crippen molar-refractivity contribution in [3.8, 4) is 5.75 Å². The Balaban J connectivity index is 2.67. The zero-order valence-electron chi connectivity index (χ0n) is 9.99. The standard InChI is InChI=1S/C14H17OS/c1-4-15-13-9-10-14(16(2)3)12-8-6-5-7-11(12)13/h5-10H,4H2,1-3H3/q+1. The molecule has 0 fully saturated rings. The van der Waals surface area contributed by atoms with E-state index in [-0.39, 0.29) is 10.9 Å². The van der Waals surface area contributed by atoms with E-state index in [2.05, 4.69) is 48.9 Å². The largest absolute Gasteiger partial charge is 0.493 e. The van der Waals surface area contributed by atoms with Crippen LogP contribution in [0.15, 0.2) is 41.3 Å². The molecule has 2 heteroatoms. The Morgan fingerprint density at radius 3 is 2.31 bits per heavy atom. The van der Waals surface area contributed by atoms with Crippen LogP contribution in [-0.4, -0.2) is 19.1 Å². The third-order valence-electron chi connectivity index (χ3n) is 2.58. The zero-order valence-corrected chi connectivity index (χ0v) is 10.8. The van der Waals surface area contributed by atoms with Gasteiger partial charge in [-0.2, -0.15) is 0 Å². The fourth-order valence-corrected chi connectivity index (χ4v) is 2.84. The van der Waals surface area contributed by atoms with E-state index in [1.54, 1.807) is 0 Å². The predicted octanol–water partition coefficient (Wildman–Crippen LogP) is 3.48. The van der Waals surface area contributed by atoms with Crippen molar-refractivity contribution in [3.05, 3.63) is 36.4 Å². The van der Waals surface area contributed by atoms with Gasteiger partial charge in [0.25, 0.3) is 0 Å². The van der Waals surface area contributed by atoms with E-state index in [1.165, 1.54) is 15.7 Å². The molecular formula is C14H17OS+. The highest BCUT2D eigenvalue weighted by Crippen LogP contribution is 2.30. The highest BCUT2D eigenvalue weighted by molar-refractivity contribution is 7.95. The number of ether oxygens (including phenoxy) is 1. The van der Waals surface area contributed by atoms with Crippen LogP contribution in [0.5, 0.6) is 5.75 Å². The highest BCUT2D eigenvalue weighted by atomic mass is 32.2. The van der Waals surface area contributed by atoms with Crippen molar-refractivity contribution in [3.63, 3.8) is 0 Å². The molecule has 0 aliphatic carbocycles. The first-order valence-corrected chi connectivity index (χ1v) is 7.50. The summed E-state index contributed by atoms with van der Waals surface area (Å²) in [6.45, 7) is 2.74. The molecule has 0 amide bonds. The number of hydrogen-bond acceptors (Lipinski definition) is 1. The van der Waals surface area contributed by atoms with Gasteiger partial charge in [-0.3, -0.25) is 0 Å². The monoisotopic (exact) mass is 233 g/mol. The Hall–Kier alpha value is -1.15. The van der Waals surface area contributed by atoms with Crippen LogP contribution in [-0.2, 0) is 10.9 Å². The van der Waals surface area contributed by atoms with E-state index < -0.39 is 0 Å². The molecule has 0 atom stereocenters. The lowest BCUT2D eigenvalue weighted by Gasteiger charge is -2.09. The average Bonchev–Trinajstić information content (AvgIpc) is 2.29. The van der Waals surface area contributed by atoms with E-state index in [0.717, 1.165) is 5.75 Å². The lowest BCUT2D eigenvalue weighted by Crippen LogP contribution is -1.99. The molecule has 0 N–H and O–H groups in total. The molecule has 2 aromatic carbocycles. The molecule has 0 saturated heterocycles. The first-order chi connectivity index (χ1) is 7.74. The van der Waals surface area contributed by atoms with Crippen molar-refractivity contribution in [2.24, 2.45) is 0 Å². The van der Waals surface area contributed by atoms with E-state index in [9.17, 15) is 0 Å². The molecule has 0 bridgehead atoms. The maximum absolute atomic E-state index is 5.66. The van der Waals surface area contributed by atoms with Crippen LogP contribution >= 0.6 is 0 Å². The molecule has 0 radical (unpaired) electrons. The Morgan fingerprint density at radius 2 is 1.69 bits per heavy atom. The molecule has 84 valence electrons. The van der Waals surface area contributed by atoms with Gasteiger partial charge in [0.1, 0.15) is 18.3 Å². The van der Waals surface area contributed by atoms with E-state index in [1.807, 2.05) is 6.92 Å². The summed E-state index contributed by atoms with van der Waals surface area (Å²) in [7, 11) is 0.279. The van der Waals surface area contributed by atoms with Gasteiger partial charge >= 0.3 is 0 Å². The van der Waals surface area contributed by atoms with Crippen molar-refractivity contribution in [2.45, 2.75) is 11.8 Å². The van der Waals surface area contributed by atoms with Crippen molar-refractivity contribution in [1.82, 2.24) is 0 Å². The summed E-state index contributed by atoms with van der Waals surface area (Å²) < 4.78 is 5.66.